The van der Waals surface area contributed by atoms with Crippen LogP contribution in [-0.4, -0.2) is 0 Å². The van der Waals surface area contributed by atoms with E-state index in [0.29, 0.717) is 0 Å². The molecular weight excluding hydrogens is 407 g/mol. The number of rotatable bonds is 0. The molecule has 0 radical (unpaired) electrons. The van der Waals surface area contributed by atoms with Crippen LogP contribution in [0.1, 0.15) is 0 Å². The SMILES string of the molecule is [O-2].[O-2].[O-2].[O-2].[O-2].[Zn+2].[Zn+2].[Zn+2].[Zn+2].[Zn+2]. The van der Waals surface area contributed by atoms with Gasteiger partial charge in [-0.25, -0.2) is 0 Å². The predicted molar refractivity (Wildman–Crippen MR) is 3.43 cm³/mol. The van der Waals surface area contributed by atoms with Crippen LogP contribution in [0.3, 0.4) is 0 Å². The van der Waals surface area contributed by atoms with Gasteiger partial charge in [-0.2, -0.15) is 0 Å². The maximum Gasteiger partial charge on any atom is 2.00 e. The fourth-order valence-corrected chi connectivity index (χ4v) is 0. The van der Waals surface area contributed by atoms with Gasteiger partial charge in [-0.3, -0.25) is 0 Å². The molecule has 0 unspecified atom stereocenters. The second-order valence-electron chi connectivity index (χ2n) is 0. The van der Waals surface area contributed by atoms with Crippen LogP contribution in [0.4, 0.5) is 0 Å². The van der Waals surface area contributed by atoms with Crippen LogP contribution in [0.5, 0.6) is 0 Å². The van der Waals surface area contributed by atoms with Crippen molar-refractivity contribution in [2.24, 2.45) is 0 Å². The molecule has 0 spiro atoms. The topological polar surface area (TPSA) is 142 Å². The Bertz CT molecular complexity index is 10.0. The molecule has 0 aliphatic carbocycles. The summed E-state index contributed by atoms with van der Waals surface area (Å²) in [6.07, 6.45) is 0. The summed E-state index contributed by atoms with van der Waals surface area (Å²) in [5.41, 5.74) is 0. The third-order valence-electron chi connectivity index (χ3n) is 0. The van der Waals surface area contributed by atoms with Crippen molar-refractivity contribution < 1.29 is 125 Å². The molecular formula is O5Zn5. The average molecular weight is 407 g/mol. The summed E-state index contributed by atoms with van der Waals surface area (Å²) < 4.78 is 0. The van der Waals surface area contributed by atoms with E-state index in [-0.39, 0.29) is 125 Å². The summed E-state index contributed by atoms with van der Waals surface area (Å²) in [5, 5.41) is 0. The number of hydrogen-bond donors (Lipinski definition) is 0. The molecule has 0 saturated carbocycles. The summed E-state index contributed by atoms with van der Waals surface area (Å²) in [5.74, 6) is 0. The molecule has 0 heterocycles. The molecule has 0 N–H and O–H groups in total. The zero-order chi connectivity index (χ0) is 0. The van der Waals surface area contributed by atoms with Crippen molar-refractivity contribution in [1.29, 1.82) is 0 Å². The molecule has 0 aromatic rings. The normalized spacial score (nSPS) is 0. The first-order valence-electron chi connectivity index (χ1n) is 0. The van der Waals surface area contributed by atoms with Gasteiger partial charge in [-0.1, -0.05) is 0 Å². The summed E-state index contributed by atoms with van der Waals surface area (Å²) in [6, 6.07) is 0. The maximum atomic E-state index is 0. The maximum absolute atomic E-state index is 0. The van der Waals surface area contributed by atoms with Crippen LogP contribution in [0.2, 0.25) is 0 Å². The van der Waals surface area contributed by atoms with Crippen LogP contribution in [0, 0.1) is 0 Å². The molecule has 0 atom stereocenters. The summed E-state index contributed by atoms with van der Waals surface area (Å²) in [4.78, 5) is 0. The van der Waals surface area contributed by atoms with Gasteiger partial charge in [0.25, 0.3) is 0 Å². The molecule has 0 aromatic heterocycles. The Labute approximate surface area is 123 Å². The van der Waals surface area contributed by atoms with Gasteiger partial charge >= 0.3 is 97.4 Å². The second kappa shape index (κ2) is 167. The van der Waals surface area contributed by atoms with E-state index in [1.807, 2.05) is 0 Å². The first-order chi connectivity index (χ1) is 0. The zero-order valence-electron chi connectivity index (χ0n) is 5.58. The predicted octanol–water partition coefficient (Wildman–Crippen LogP) is -0.606. The molecule has 10 heavy (non-hydrogen) atoms. The minimum absolute atomic E-state index is 0. The molecule has 0 fully saturated rings. The van der Waals surface area contributed by atoms with Gasteiger partial charge in [-0.15, -0.1) is 0 Å². The van der Waals surface area contributed by atoms with Crippen LogP contribution in [0.15, 0.2) is 0 Å². The molecule has 0 aromatic carbocycles. The largest absolute Gasteiger partial charge is 2.00 e. The Morgan fingerprint density at radius 2 is 0.200 bits per heavy atom. The first-order valence-corrected chi connectivity index (χ1v) is 0. The van der Waals surface area contributed by atoms with Crippen molar-refractivity contribution in [3.8, 4) is 0 Å². The standard InChI is InChI=1S/5O.5Zn/q5*-2;5*+2. The van der Waals surface area contributed by atoms with Gasteiger partial charge < -0.3 is 27.4 Å². The third kappa shape index (κ3) is 126. The molecule has 0 rings (SSSR count). The molecule has 0 aliphatic heterocycles. The van der Waals surface area contributed by atoms with E-state index in [1.165, 1.54) is 0 Å². The molecule has 0 aliphatic rings. The van der Waals surface area contributed by atoms with Crippen LogP contribution in [0.25, 0.3) is 0 Å². The van der Waals surface area contributed by atoms with Gasteiger partial charge in [0.2, 0.25) is 0 Å². The monoisotopic (exact) mass is 400 g/mol. The summed E-state index contributed by atoms with van der Waals surface area (Å²) in [7, 11) is 0. The van der Waals surface area contributed by atoms with E-state index in [4.69, 9.17) is 0 Å². The van der Waals surface area contributed by atoms with Gasteiger partial charge in [0.15, 0.2) is 0 Å². The second-order valence-corrected chi connectivity index (χ2v) is 0. The molecule has 0 amide bonds. The minimum atomic E-state index is 0. The molecule has 10 heteroatoms. The van der Waals surface area contributed by atoms with E-state index in [9.17, 15) is 0 Å². The van der Waals surface area contributed by atoms with E-state index in [0.717, 1.165) is 0 Å². The van der Waals surface area contributed by atoms with Crippen molar-refractivity contribution in [2.45, 2.75) is 0 Å². The van der Waals surface area contributed by atoms with Crippen LogP contribution in [-0.2, 0) is 125 Å². The van der Waals surface area contributed by atoms with Crippen LogP contribution >= 0.6 is 0 Å². The van der Waals surface area contributed by atoms with E-state index >= 15 is 0 Å². The Hall–Kier alpha value is 2.92. The van der Waals surface area contributed by atoms with Crippen molar-refractivity contribution in [2.75, 3.05) is 0 Å². The fourth-order valence-electron chi connectivity index (χ4n) is 0. The Balaban J connectivity index is 0. The summed E-state index contributed by atoms with van der Waals surface area (Å²) >= 11 is 0. The number of hydrogen-bond acceptors (Lipinski definition) is 0. The first kappa shape index (κ1) is 216. The smallest absolute Gasteiger partial charge is 2.00 e. The van der Waals surface area contributed by atoms with E-state index in [2.05, 4.69) is 0 Å². The minimum Gasteiger partial charge on any atom is -2.00 e. The zero-order valence-corrected chi connectivity index (χ0v) is 20.4. The van der Waals surface area contributed by atoms with Gasteiger partial charge in [0.1, 0.15) is 0 Å². The average Bonchev–Trinajstić information content (AvgIpc) is 0. The molecule has 40 valence electrons. The Kier molecular flexibility index (Phi) is 3600. The Morgan fingerprint density at radius 3 is 0.200 bits per heavy atom. The third-order valence-corrected chi connectivity index (χ3v) is 0. The fraction of sp³-hybridized carbons (Fsp3) is 0. The van der Waals surface area contributed by atoms with Crippen molar-refractivity contribution in [1.82, 2.24) is 0 Å². The molecule has 0 saturated heterocycles. The Morgan fingerprint density at radius 1 is 0.200 bits per heavy atom. The van der Waals surface area contributed by atoms with E-state index < -0.39 is 0 Å². The van der Waals surface area contributed by atoms with Gasteiger partial charge in [0.05, 0.1) is 0 Å². The molecule has 0 bridgehead atoms. The van der Waals surface area contributed by atoms with Gasteiger partial charge in [-0.05, 0) is 0 Å². The van der Waals surface area contributed by atoms with Crippen molar-refractivity contribution >= 4 is 0 Å². The van der Waals surface area contributed by atoms with Crippen molar-refractivity contribution in [3.63, 3.8) is 0 Å². The van der Waals surface area contributed by atoms with Crippen LogP contribution < -0.4 is 0 Å². The quantitative estimate of drug-likeness (QED) is 0.473. The molecule has 5 nitrogen and oxygen atoms in total. The van der Waals surface area contributed by atoms with Gasteiger partial charge in [0, 0.05) is 0 Å². The van der Waals surface area contributed by atoms with E-state index in [1.54, 1.807) is 0 Å². The van der Waals surface area contributed by atoms with Crippen molar-refractivity contribution in [3.05, 3.63) is 0 Å². The summed E-state index contributed by atoms with van der Waals surface area (Å²) in [6.45, 7) is 0.